The number of unbranched alkanes of at least 4 members (excludes halogenated alkanes) is 1. The Labute approximate surface area is 597 Å². The van der Waals surface area contributed by atoms with Crippen molar-refractivity contribution in [3.63, 3.8) is 0 Å². The van der Waals surface area contributed by atoms with E-state index in [0.29, 0.717) is 90.8 Å². The minimum absolute atomic E-state index is 0.0894. The second kappa shape index (κ2) is 48.5. The average molecular weight is 1440 g/mol. The summed E-state index contributed by atoms with van der Waals surface area (Å²) in [5.74, 6) is 1.57. The van der Waals surface area contributed by atoms with E-state index in [-0.39, 0.29) is 147 Å². The molecule has 0 heterocycles. The van der Waals surface area contributed by atoms with Gasteiger partial charge in [-0.3, -0.25) is 33.6 Å². The quantitative estimate of drug-likeness (QED) is 0.0120. The lowest BCUT2D eigenvalue weighted by atomic mass is 9.92. The van der Waals surface area contributed by atoms with E-state index in [9.17, 15) is 43.8 Å². The number of hydrogen-bond acceptors (Lipinski definition) is 21. The smallest absolute Gasteiger partial charge is 0.310 e. The summed E-state index contributed by atoms with van der Waals surface area (Å²) in [5.41, 5.74) is 3.75. The highest BCUT2D eigenvalue weighted by Gasteiger charge is 2.25. The van der Waals surface area contributed by atoms with E-state index < -0.39 is 11.8 Å². The first-order chi connectivity index (χ1) is 47.8. The van der Waals surface area contributed by atoms with Crippen LogP contribution in [-0.4, -0.2) is 174 Å². The molecule has 3 unspecified atom stereocenters. The first-order valence-corrected chi connectivity index (χ1v) is 38.7. The standard InChI is InChI=1S/C75H92N2O16S5/c1-2-29-87-30-17-35-94-36-28-77-74(85)60(26-15-16-27-76-75(86)62-45-63(78)50-64(79)46-62)49-69(80)61-47-65(92-52-67(97-39-33-90-72(83)43-58-22-11-5-12-23-58)54-95-37-31-88-70(81)41-56-18-7-3-8-19-56)51-66(48-61)93-53-68(98-40-34-91-73(84)44-59-24-13-6-14-25-59)55-96-38-32-89-71(82)42-57-20-9-4-10-21-57/h3-14,18-25,45-48,50-51,60,67-68,78-79H,2,15-17,26-44,49,52-55H2,1H3,(H,76,86)(H,77,85). The monoisotopic (exact) mass is 1440 g/mol. The van der Waals surface area contributed by atoms with Gasteiger partial charge in [0.2, 0.25) is 5.91 Å². The molecule has 6 aromatic rings. The van der Waals surface area contributed by atoms with Crippen LogP contribution in [-0.2, 0) is 73.3 Å². The molecule has 98 heavy (non-hydrogen) atoms. The fraction of sp³-hybridized carbons (Fsp3) is 0.427. The van der Waals surface area contributed by atoms with Crippen molar-refractivity contribution in [1.29, 1.82) is 0 Å². The molecule has 0 aliphatic rings. The molecule has 0 bridgehead atoms. The molecule has 528 valence electrons. The Morgan fingerprint density at radius 2 is 0.888 bits per heavy atom. The first-order valence-electron chi connectivity index (χ1n) is 33.1. The highest BCUT2D eigenvalue weighted by Crippen LogP contribution is 2.30. The fourth-order valence-electron chi connectivity index (χ4n) is 9.64. The molecule has 0 saturated carbocycles. The van der Waals surface area contributed by atoms with E-state index in [1.165, 1.54) is 12.1 Å². The minimum atomic E-state index is -0.753. The Bertz CT molecular complexity index is 3130. The minimum Gasteiger partial charge on any atom is -0.508 e. The average Bonchev–Trinajstić information content (AvgIpc) is 0.886. The summed E-state index contributed by atoms with van der Waals surface area (Å²) in [4.78, 5) is 93.1. The number of esters is 4. The number of ether oxygens (including phenoxy) is 7. The van der Waals surface area contributed by atoms with Crippen molar-refractivity contribution in [2.75, 3.05) is 112 Å². The molecule has 0 fully saturated rings. The molecule has 0 spiro atoms. The van der Waals surface area contributed by atoms with Crippen molar-refractivity contribution < 1.29 is 76.9 Å². The van der Waals surface area contributed by atoms with E-state index >= 15 is 0 Å². The number of carbonyl (C=O) groups is 7. The second-order valence-corrected chi connectivity index (χ2v) is 29.0. The molecule has 0 radical (unpaired) electrons. The zero-order valence-corrected chi connectivity index (χ0v) is 59.8. The maximum absolute atomic E-state index is 14.9. The van der Waals surface area contributed by atoms with Gasteiger partial charge in [-0.2, -0.15) is 58.8 Å². The van der Waals surface area contributed by atoms with Gasteiger partial charge in [0.25, 0.3) is 5.91 Å². The number of nitrogens with one attached hydrogen (secondary N) is 2. The Morgan fingerprint density at radius 3 is 1.34 bits per heavy atom. The summed E-state index contributed by atoms with van der Waals surface area (Å²) in [6.45, 7) is 5.10. The third-order valence-electron chi connectivity index (χ3n) is 14.5. The van der Waals surface area contributed by atoms with Gasteiger partial charge in [0, 0.05) is 113 Å². The molecular formula is C75H92N2O16S5. The summed E-state index contributed by atoms with van der Waals surface area (Å²) in [7, 11) is 0. The summed E-state index contributed by atoms with van der Waals surface area (Å²) in [5, 5.41) is 25.4. The molecule has 3 atom stereocenters. The molecule has 0 saturated heterocycles. The van der Waals surface area contributed by atoms with Crippen LogP contribution in [0.3, 0.4) is 0 Å². The number of phenolic OH excluding ortho intramolecular Hbond substituents is 2. The lowest BCUT2D eigenvalue weighted by Crippen LogP contribution is -2.34. The molecule has 0 aliphatic carbocycles. The number of rotatable bonds is 51. The lowest BCUT2D eigenvalue weighted by molar-refractivity contribution is -0.143. The summed E-state index contributed by atoms with van der Waals surface area (Å²) < 4.78 is 41.4. The Balaban J connectivity index is 1.19. The van der Waals surface area contributed by atoms with E-state index in [2.05, 4.69) is 17.6 Å². The second-order valence-electron chi connectivity index (χ2n) is 22.7. The van der Waals surface area contributed by atoms with Gasteiger partial charge in [0.15, 0.2) is 5.78 Å². The van der Waals surface area contributed by atoms with Crippen LogP contribution in [0.4, 0.5) is 0 Å². The van der Waals surface area contributed by atoms with Crippen LogP contribution < -0.4 is 20.1 Å². The van der Waals surface area contributed by atoms with E-state index in [0.717, 1.165) is 46.9 Å². The summed E-state index contributed by atoms with van der Waals surface area (Å²) >= 11 is 7.99. The van der Waals surface area contributed by atoms with Gasteiger partial charge in [-0.05, 0) is 78.0 Å². The van der Waals surface area contributed by atoms with Crippen LogP contribution in [0.1, 0.15) is 88.4 Å². The summed E-state index contributed by atoms with van der Waals surface area (Å²) in [6, 6.07) is 46.2. The largest absolute Gasteiger partial charge is 0.508 e. The normalized spacial score (nSPS) is 11.9. The lowest BCUT2D eigenvalue weighted by Gasteiger charge is -2.20. The maximum atomic E-state index is 14.9. The number of benzene rings is 6. The van der Waals surface area contributed by atoms with Gasteiger partial charge in [0.05, 0.1) is 25.7 Å². The third kappa shape index (κ3) is 35.0. The molecule has 0 aromatic heterocycles. The van der Waals surface area contributed by atoms with E-state index in [4.69, 9.17) is 33.2 Å². The number of aromatic hydroxyl groups is 2. The number of amides is 2. The summed E-state index contributed by atoms with van der Waals surface area (Å²) in [6.07, 6.45) is 3.53. The molecule has 6 aromatic carbocycles. The molecule has 6 rings (SSSR count). The molecule has 2 amide bonds. The molecule has 23 heteroatoms. The predicted octanol–water partition coefficient (Wildman–Crippen LogP) is 12.1. The number of phenols is 2. The van der Waals surface area contributed by atoms with Gasteiger partial charge in [0.1, 0.15) is 62.6 Å². The number of carbonyl (C=O) groups excluding carboxylic acids is 7. The van der Waals surface area contributed by atoms with Crippen molar-refractivity contribution in [2.24, 2.45) is 5.92 Å². The number of thioether (sulfide) groups is 5. The van der Waals surface area contributed by atoms with Gasteiger partial charge >= 0.3 is 23.9 Å². The Hall–Kier alpha value is -7.28. The maximum Gasteiger partial charge on any atom is 0.310 e. The highest BCUT2D eigenvalue weighted by atomic mass is 32.2. The molecule has 0 aliphatic heterocycles. The van der Waals surface area contributed by atoms with E-state index in [1.54, 1.807) is 77.0 Å². The topological polar surface area (TPSA) is 249 Å². The zero-order valence-electron chi connectivity index (χ0n) is 55.7. The van der Waals surface area contributed by atoms with Crippen molar-refractivity contribution in [1.82, 2.24) is 10.6 Å². The first kappa shape index (κ1) is 79.7. The van der Waals surface area contributed by atoms with E-state index in [1.807, 2.05) is 121 Å². The number of hydrogen-bond donors (Lipinski definition) is 4. The van der Waals surface area contributed by atoms with Gasteiger partial charge in [-0.25, -0.2) is 0 Å². The zero-order chi connectivity index (χ0) is 69.6. The van der Waals surface area contributed by atoms with Crippen LogP contribution in [0, 0.1) is 5.92 Å². The van der Waals surface area contributed by atoms with Gasteiger partial charge in [-0.1, -0.05) is 135 Å². The Morgan fingerprint density at radius 1 is 0.439 bits per heavy atom. The van der Waals surface area contributed by atoms with Crippen molar-refractivity contribution >= 4 is 100 Å². The SMILES string of the molecule is CCCOCCCSCCNC(=O)C(CCCCNC(=O)c1cc(O)cc(O)c1)CC(=O)c1cc(OCC(CSCCOC(=O)Cc2ccccc2)SCCOC(=O)Cc2ccccc2)cc(OCC(CSCCOC(=O)Cc2ccccc2)SCCOC(=O)Cc2ccccc2)c1. The third-order valence-corrected chi connectivity index (χ3v) is 20.6. The highest BCUT2D eigenvalue weighted by molar-refractivity contribution is 8.03. The van der Waals surface area contributed by atoms with Crippen LogP contribution >= 0.6 is 58.8 Å². The molecular weight excluding hydrogens is 1350 g/mol. The van der Waals surface area contributed by atoms with Crippen molar-refractivity contribution in [2.45, 2.75) is 81.6 Å². The van der Waals surface area contributed by atoms with Crippen LogP contribution in [0.2, 0.25) is 0 Å². The predicted molar refractivity (Wildman–Crippen MR) is 393 cm³/mol. The number of ketones is 1. The van der Waals surface area contributed by atoms with Gasteiger partial charge in [-0.15, -0.1) is 0 Å². The van der Waals surface area contributed by atoms with Crippen molar-refractivity contribution in [3.05, 3.63) is 191 Å². The number of Topliss-reactive ketones (excluding diaryl/α,β-unsaturated/α-hetero) is 1. The fourth-order valence-corrected chi connectivity index (χ4v) is 14.6. The van der Waals surface area contributed by atoms with Gasteiger partial charge < -0.3 is 54.0 Å². The van der Waals surface area contributed by atoms with Crippen LogP contribution in [0.15, 0.2) is 158 Å². The van der Waals surface area contributed by atoms with Crippen LogP contribution in [0.25, 0.3) is 0 Å². The Kier molecular flexibility index (Phi) is 39.4. The molecule has 18 nitrogen and oxygen atoms in total. The van der Waals surface area contributed by atoms with Crippen LogP contribution in [0.5, 0.6) is 23.0 Å². The molecule has 4 N–H and O–H groups in total. The van der Waals surface area contributed by atoms with Crippen molar-refractivity contribution in [3.8, 4) is 23.0 Å².